The van der Waals surface area contributed by atoms with E-state index in [0.717, 1.165) is 17.5 Å². The molecular formula is C19H20F2N6O2S. The number of ether oxygens (including phenoxy) is 1. The number of nitrogens with one attached hydrogen (secondary N) is 2. The van der Waals surface area contributed by atoms with Gasteiger partial charge in [0.1, 0.15) is 18.2 Å². The van der Waals surface area contributed by atoms with Gasteiger partial charge in [-0.15, -0.1) is 0 Å². The number of amides is 1. The molecule has 1 amide bonds. The number of carbonyl (C=O) groups is 1. The quantitative estimate of drug-likeness (QED) is 0.570. The van der Waals surface area contributed by atoms with Gasteiger partial charge in [-0.2, -0.15) is 13.2 Å². The first kappa shape index (κ1) is 21.5. The zero-order valence-corrected chi connectivity index (χ0v) is 17.6. The smallest absolute Gasteiger partial charge is 0.303 e. The monoisotopic (exact) mass is 434 g/mol. The maximum absolute atomic E-state index is 13.7. The molecule has 0 aliphatic heterocycles. The van der Waals surface area contributed by atoms with E-state index in [4.69, 9.17) is 4.74 Å². The third-order valence-corrected chi connectivity index (χ3v) is 4.47. The van der Waals surface area contributed by atoms with Crippen LogP contribution in [0.4, 0.5) is 26.1 Å². The molecule has 0 unspecified atom stereocenters. The largest absolute Gasteiger partial charge is 0.483 e. The molecule has 3 aromatic heterocycles. The standard InChI is InChI=1S/C19H20F2N6O2S/c1-10-5-17(26-18(23-10)19(4,20)21)25-14-7-16(24-12(3)28)22-8-15(14)29-9-13-6-11(2)30-27-13/h5-8H,9H2,1-4H3,(H2,22,23,24,25,26,28). The second kappa shape index (κ2) is 8.66. The van der Waals surface area contributed by atoms with Crippen LogP contribution in [0.15, 0.2) is 24.4 Å². The molecule has 0 saturated heterocycles. The first-order valence-electron chi connectivity index (χ1n) is 8.94. The van der Waals surface area contributed by atoms with Crippen LogP contribution in [-0.4, -0.2) is 25.2 Å². The highest BCUT2D eigenvalue weighted by molar-refractivity contribution is 7.05. The van der Waals surface area contributed by atoms with Crippen molar-refractivity contribution in [1.82, 2.24) is 19.3 Å². The van der Waals surface area contributed by atoms with E-state index in [2.05, 4.69) is 30.0 Å². The Bertz CT molecular complexity index is 1070. The molecule has 0 radical (unpaired) electrons. The van der Waals surface area contributed by atoms with Crippen LogP contribution in [-0.2, 0) is 17.3 Å². The molecule has 0 aliphatic rings. The van der Waals surface area contributed by atoms with Gasteiger partial charge >= 0.3 is 5.92 Å². The number of carbonyl (C=O) groups excluding carboxylic acids is 1. The molecule has 3 aromatic rings. The van der Waals surface area contributed by atoms with Gasteiger partial charge in [-0.3, -0.25) is 4.79 Å². The number of pyridine rings is 1. The van der Waals surface area contributed by atoms with Gasteiger partial charge in [0.05, 0.1) is 17.6 Å². The Kier molecular flexibility index (Phi) is 6.20. The molecule has 8 nitrogen and oxygen atoms in total. The molecule has 0 fully saturated rings. The number of hydrogen-bond acceptors (Lipinski definition) is 8. The van der Waals surface area contributed by atoms with Crippen LogP contribution in [0, 0.1) is 13.8 Å². The number of halogens is 2. The van der Waals surface area contributed by atoms with Crippen LogP contribution in [0.25, 0.3) is 0 Å². The minimum Gasteiger partial charge on any atom is -0.483 e. The lowest BCUT2D eigenvalue weighted by atomic mass is 10.3. The van der Waals surface area contributed by atoms with Crippen molar-refractivity contribution in [1.29, 1.82) is 0 Å². The zero-order valence-electron chi connectivity index (χ0n) is 16.8. The van der Waals surface area contributed by atoms with Gasteiger partial charge in [0.2, 0.25) is 11.7 Å². The lowest BCUT2D eigenvalue weighted by Gasteiger charge is -2.15. The summed E-state index contributed by atoms with van der Waals surface area (Å²) in [5, 5.41) is 5.54. The predicted molar refractivity (Wildman–Crippen MR) is 109 cm³/mol. The average molecular weight is 434 g/mol. The Labute approximate surface area is 175 Å². The topological polar surface area (TPSA) is 102 Å². The number of alkyl halides is 2. The van der Waals surface area contributed by atoms with E-state index in [-0.39, 0.29) is 24.1 Å². The van der Waals surface area contributed by atoms with Crippen molar-refractivity contribution >= 4 is 34.8 Å². The average Bonchev–Trinajstić information content (AvgIpc) is 3.04. The summed E-state index contributed by atoms with van der Waals surface area (Å²) < 4.78 is 37.5. The highest BCUT2D eigenvalue weighted by Gasteiger charge is 2.29. The highest BCUT2D eigenvalue weighted by Crippen LogP contribution is 2.31. The van der Waals surface area contributed by atoms with Crippen LogP contribution < -0.4 is 15.4 Å². The van der Waals surface area contributed by atoms with Gasteiger partial charge in [0, 0.05) is 36.6 Å². The van der Waals surface area contributed by atoms with Gasteiger partial charge < -0.3 is 15.4 Å². The second-order valence-corrected chi connectivity index (χ2v) is 7.71. The molecule has 0 spiro atoms. The molecule has 30 heavy (non-hydrogen) atoms. The van der Waals surface area contributed by atoms with Crippen LogP contribution in [0.3, 0.4) is 0 Å². The summed E-state index contributed by atoms with van der Waals surface area (Å²) in [7, 11) is 0. The van der Waals surface area contributed by atoms with Crippen LogP contribution >= 0.6 is 11.5 Å². The molecular weight excluding hydrogens is 414 g/mol. The minimum atomic E-state index is -3.19. The maximum Gasteiger partial charge on any atom is 0.303 e. The summed E-state index contributed by atoms with van der Waals surface area (Å²) in [6, 6.07) is 4.96. The Hall–Kier alpha value is -3.21. The molecule has 0 atom stereocenters. The van der Waals surface area contributed by atoms with Gasteiger partial charge in [-0.1, -0.05) is 0 Å². The normalized spacial score (nSPS) is 11.3. The highest BCUT2D eigenvalue weighted by atomic mass is 32.1. The van der Waals surface area contributed by atoms with E-state index in [1.54, 1.807) is 6.92 Å². The summed E-state index contributed by atoms with van der Waals surface area (Å²) in [5.41, 5.74) is 1.52. The number of aromatic nitrogens is 4. The van der Waals surface area contributed by atoms with Gasteiger partial charge in [0.15, 0.2) is 5.75 Å². The molecule has 0 saturated carbocycles. The lowest BCUT2D eigenvalue weighted by molar-refractivity contribution is -0.114. The third kappa shape index (κ3) is 5.66. The molecule has 0 bridgehead atoms. The van der Waals surface area contributed by atoms with Crippen molar-refractivity contribution in [2.45, 2.75) is 40.2 Å². The van der Waals surface area contributed by atoms with Gasteiger partial charge in [-0.05, 0) is 31.4 Å². The molecule has 3 rings (SSSR count). The number of aryl methyl sites for hydroxylation is 2. The Morgan fingerprint density at radius 3 is 2.60 bits per heavy atom. The van der Waals surface area contributed by atoms with Crippen LogP contribution in [0.1, 0.15) is 35.9 Å². The van der Waals surface area contributed by atoms with Crippen molar-refractivity contribution in [2.24, 2.45) is 0 Å². The van der Waals surface area contributed by atoms with Crippen LogP contribution in [0.2, 0.25) is 0 Å². The van der Waals surface area contributed by atoms with Crippen LogP contribution in [0.5, 0.6) is 5.75 Å². The summed E-state index contributed by atoms with van der Waals surface area (Å²) in [6.07, 6.45) is 1.43. The minimum absolute atomic E-state index is 0.161. The van der Waals surface area contributed by atoms with Gasteiger partial charge in [-0.25, -0.2) is 15.0 Å². The molecule has 158 valence electrons. The SMILES string of the molecule is CC(=O)Nc1cc(Nc2cc(C)nc(C(C)(F)F)n2)c(OCc2cc(C)sn2)cn1. The Morgan fingerprint density at radius 1 is 1.20 bits per heavy atom. The van der Waals surface area contributed by atoms with Crippen molar-refractivity contribution in [2.75, 3.05) is 10.6 Å². The maximum atomic E-state index is 13.7. The van der Waals surface area contributed by atoms with Crippen molar-refractivity contribution in [3.63, 3.8) is 0 Å². The zero-order chi connectivity index (χ0) is 21.9. The fourth-order valence-corrected chi connectivity index (χ4v) is 3.06. The first-order valence-corrected chi connectivity index (χ1v) is 9.71. The van der Waals surface area contributed by atoms with Crippen molar-refractivity contribution < 1.29 is 18.3 Å². The summed E-state index contributed by atoms with van der Waals surface area (Å²) >= 11 is 1.36. The molecule has 2 N–H and O–H groups in total. The summed E-state index contributed by atoms with van der Waals surface area (Å²) in [4.78, 5) is 24.3. The predicted octanol–water partition coefficient (Wildman–Crippen LogP) is 4.34. The lowest BCUT2D eigenvalue weighted by Crippen LogP contribution is -2.14. The van der Waals surface area contributed by atoms with E-state index < -0.39 is 11.7 Å². The fourth-order valence-electron chi connectivity index (χ4n) is 2.51. The number of rotatable bonds is 7. The first-order chi connectivity index (χ1) is 14.1. The number of hydrogen-bond donors (Lipinski definition) is 2. The van der Waals surface area contributed by atoms with E-state index in [1.807, 2.05) is 13.0 Å². The van der Waals surface area contributed by atoms with E-state index >= 15 is 0 Å². The Balaban J connectivity index is 1.92. The Morgan fingerprint density at radius 2 is 1.97 bits per heavy atom. The van der Waals surface area contributed by atoms with Crippen molar-refractivity contribution in [3.05, 3.63) is 46.5 Å². The number of anilines is 3. The number of nitrogens with zero attached hydrogens (tertiary/aromatic N) is 4. The van der Waals surface area contributed by atoms with E-state index in [0.29, 0.717) is 17.1 Å². The van der Waals surface area contributed by atoms with E-state index in [9.17, 15) is 13.6 Å². The third-order valence-electron chi connectivity index (χ3n) is 3.73. The summed E-state index contributed by atoms with van der Waals surface area (Å²) in [5.74, 6) is -3.31. The molecule has 0 aliphatic carbocycles. The summed E-state index contributed by atoms with van der Waals surface area (Å²) in [6.45, 7) is 5.82. The second-order valence-electron chi connectivity index (χ2n) is 6.70. The fraction of sp³-hybridized carbons (Fsp3) is 0.316. The molecule has 3 heterocycles. The van der Waals surface area contributed by atoms with E-state index in [1.165, 1.54) is 36.8 Å². The molecule has 11 heteroatoms. The van der Waals surface area contributed by atoms with Gasteiger partial charge in [0.25, 0.3) is 0 Å². The van der Waals surface area contributed by atoms with Crippen molar-refractivity contribution in [3.8, 4) is 5.75 Å². The molecule has 0 aromatic carbocycles.